The summed E-state index contributed by atoms with van der Waals surface area (Å²) in [6, 6.07) is -0.172. The Morgan fingerprint density at radius 3 is 2.86 bits per heavy atom. The van der Waals surface area contributed by atoms with Gasteiger partial charge in [-0.15, -0.1) is 0 Å². The van der Waals surface area contributed by atoms with Crippen molar-refractivity contribution in [2.45, 2.75) is 19.4 Å². The number of piperazine rings is 1. The fourth-order valence-electron chi connectivity index (χ4n) is 1.44. The number of imide groups is 1. The minimum Gasteiger partial charge on any atom is -0.297 e. The van der Waals surface area contributed by atoms with Gasteiger partial charge < -0.3 is 0 Å². The van der Waals surface area contributed by atoms with E-state index < -0.39 is 0 Å². The summed E-state index contributed by atoms with van der Waals surface area (Å²) in [6.07, 6.45) is 2.70. The Balaban J connectivity index is 2.59. The van der Waals surface area contributed by atoms with Crippen LogP contribution in [0.15, 0.2) is 0 Å². The van der Waals surface area contributed by atoms with E-state index in [1.165, 1.54) is 4.90 Å². The number of carbonyl (C=O) groups is 2. The van der Waals surface area contributed by atoms with Crippen molar-refractivity contribution in [2.75, 3.05) is 25.1 Å². The molecule has 80 valence electrons. The van der Waals surface area contributed by atoms with Gasteiger partial charge in [0.25, 0.3) is 0 Å². The minimum atomic E-state index is -0.172. The number of thioether (sulfide) groups is 1. The lowest BCUT2D eigenvalue weighted by Crippen LogP contribution is -2.58. The lowest BCUT2D eigenvalue weighted by atomic mass is 10.1. The summed E-state index contributed by atoms with van der Waals surface area (Å²) < 4.78 is 0. The van der Waals surface area contributed by atoms with Crippen molar-refractivity contribution in [1.29, 1.82) is 0 Å². The maximum absolute atomic E-state index is 11.7. The van der Waals surface area contributed by atoms with Crippen LogP contribution < -0.4 is 5.32 Å². The summed E-state index contributed by atoms with van der Waals surface area (Å²) in [7, 11) is 0. The van der Waals surface area contributed by atoms with Crippen molar-refractivity contribution in [3.05, 3.63) is 0 Å². The van der Waals surface area contributed by atoms with E-state index in [-0.39, 0.29) is 17.9 Å². The Morgan fingerprint density at radius 2 is 2.29 bits per heavy atom. The predicted molar refractivity (Wildman–Crippen MR) is 57.2 cm³/mol. The lowest BCUT2D eigenvalue weighted by molar-refractivity contribution is -0.148. The molecule has 1 rings (SSSR count). The molecule has 0 aromatic rings. The van der Waals surface area contributed by atoms with Crippen LogP contribution >= 0.6 is 11.8 Å². The third-order valence-electron chi connectivity index (χ3n) is 2.29. The molecule has 1 atom stereocenters. The van der Waals surface area contributed by atoms with E-state index in [4.69, 9.17) is 0 Å². The normalized spacial score (nSPS) is 23.0. The molecule has 4 nitrogen and oxygen atoms in total. The van der Waals surface area contributed by atoms with Gasteiger partial charge in [-0.3, -0.25) is 19.8 Å². The molecule has 0 aromatic carbocycles. The molecule has 0 radical (unpaired) electrons. The second-order valence-electron chi connectivity index (χ2n) is 3.22. The molecule has 2 amide bonds. The van der Waals surface area contributed by atoms with Crippen LogP contribution in [0, 0.1) is 0 Å². The summed E-state index contributed by atoms with van der Waals surface area (Å²) in [5.74, 6) is 0.639. The highest BCUT2D eigenvalue weighted by molar-refractivity contribution is 7.98. The van der Waals surface area contributed by atoms with E-state index in [9.17, 15) is 9.59 Å². The van der Waals surface area contributed by atoms with E-state index in [1.54, 1.807) is 11.8 Å². The van der Waals surface area contributed by atoms with E-state index in [2.05, 4.69) is 5.32 Å². The summed E-state index contributed by atoms with van der Waals surface area (Å²) in [4.78, 5) is 24.5. The van der Waals surface area contributed by atoms with Crippen molar-refractivity contribution in [3.8, 4) is 0 Å². The zero-order chi connectivity index (χ0) is 10.6. The van der Waals surface area contributed by atoms with Gasteiger partial charge in [0.2, 0.25) is 11.8 Å². The molecule has 1 saturated heterocycles. The predicted octanol–water partition coefficient (Wildman–Crippen LogP) is 0.0864. The van der Waals surface area contributed by atoms with Gasteiger partial charge in [-0.2, -0.15) is 11.8 Å². The largest absolute Gasteiger partial charge is 0.297 e. The molecule has 0 spiro atoms. The highest BCUT2D eigenvalue weighted by atomic mass is 32.2. The van der Waals surface area contributed by atoms with E-state index in [1.807, 2.05) is 13.2 Å². The van der Waals surface area contributed by atoms with Gasteiger partial charge in [0.05, 0.1) is 12.6 Å². The summed E-state index contributed by atoms with van der Waals surface area (Å²) in [6.45, 7) is 2.77. The maximum atomic E-state index is 11.7. The molecular weight excluding hydrogens is 200 g/mol. The Bertz CT molecular complexity index is 233. The average molecular weight is 216 g/mol. The fourth-order valence-corrected chi connectivity index (χ4v) is 1.81. The molecule has 1 aliphatic heterocycles. The van der Waals surface area contributed by atoms with Gasteiger partial charge >= 0.3 is 0 Å². The first-order chi connectivity index (χ1) is 6.70. The topological polar surface area (TPSA) is 49.4 Å². The van der Waals surface area contributed by atoms with Crippen LogP contribution in [-0.2, 0) is 9.59 Å². The second kappa shape index (κ2) is 5.36. The quantitative estimate of drug-likeness (QED) is 0.677. The van der Waals surface area contributed by atoms with E-state index >= 15 is 0 Å². The van der Waals surface area contributed by atoms with Gasteiger partial charge in [-0.25, -0.2) is 0 Å². The molecule has 0 aliphatic carbocycles. The first kappa shape index (κ1) is 11.5. The average Bonchev–Trinajstić information content (AvgIpc) is 2.18. The molecule has 0 aromatic heterocycles. The Kier molecular flexibility index (Phi) is 4.41. The van der Waals surface area contributed by atoms with Crippen LogP contribution in [-0.4, -0.2) is 47.9 Å². The molecule has 1 aliphatic rings. The first-order valence-electron chi connectivity index (χ1n) is 4.77. The van der Waals surface area contributed by atoms with Crippen LogP contribution in [0.1, 0.15) is 13.3 Å². The van der Waals surface area contributed by atoms with Gasteiger partial charge in [-0.1, -0.05) is 6.92 Å². The van der Waals surface area contributed by atoms with Crippen LogP contribution in [0.5, 0.6) is 0 Å². The SMILES string of the molecule is CCC1NCC(=O)N(CCSC)C1=O. The number of nitrogens with zero attached hydrogens (tertiary/aromatic N) is 1. The molecule has 1 heterocycles. The number of hydrogen-bond donors (Lipinski definition) is 1. The summed E-state index contributed by atoms with van der Waals surface area (Å²) in [5, 5.41) is 2.93. The Morgan fingerprint density at radius 1 is 1.57 bits per heavy atom. The van der Waals surface area contributed by atoms with Crippen molar-refractivity contribution in [1.82, 2.24) is 10.2 Å². The van der Waals surface area contributed by atoms with E-state index in [0.717, 1.165) is 12.2 Å². The fraction of sp³-hybridized carbons (Fsp3) is 0.778. The molecule has 5 heteroatoms. The zero-order valence-electron chi connectivity index (χ0n) is 8.58. The standard InChI is InChI=1S/C9H16N2O2S/c1-3-7-9(13)11(4-5-14-2)8(12)6-10-7/h7,10H,3-6H2,1-2H3. The van der Waals surface area contributed by atoms with Crippen molar-refractivity contribution in [2.24, 2.45) is 0 Å². The third kappa shape index (κ3) is 2.48. The molecule has 0 saturated carbocycles. The van der Waals surface area contributed by atoms with Crippen LogP contribution in [0.2, 0.25) is 0 Å². The van der Waals surface area contributed by atoms with Crippen LogP contribution in [0.25, 0.3) is 0 Å². The highest BCUT2D eigenvalue weighted by Crippen LogP contribution is 2.07. The number of amides is 2. The number of carbonyl (C=O) groups excluding carboxylic acids is 2. The van der Waals surface area contributed by atoms with Crippen molar-refractivity contribution in [3.63, 3.8) is 0 Å². The smallest absolute Gasteiger partial charge is 0.246 e. The number of nitrogens with one attached hydrogen (secondary N) is 1. The monoisotopic (exact) mass is 216 g/mol. The minimum absolute atomic E-state index is 0.0715. The molecule has 1 fully saturated rings. The summed E-state index contributed by atoms with van der Waals surface area (Å²) in [5.41, 5.74) is 0. The highest BCUT2D eigenvalue weighted by Gasteiger charge is 2.31. The van der Waals surface area contributed by atoms with Crippen molar-refractivity contribution < 1.29 is 9.59 Å². The number of rotatable bonds is 4. The molecule has 14 heavy (non-hydrogen) atoms. The molecule has 0 bridgehead atoms. The number of hydrogen-bond acceptors (Lipinski definition) is 4. The molecule has 1 N–H and O–H groups in total. The van der Waals surface area contributed by atoms with Crippen molar-refractivity contribution >= 4 is 23.6 Å². The molecule has 1 unspecified atom stereocenters. The first-order valence-corrected chi connectivity index (χ1v) is 6.16. The van der Waals surface area contributed by atoms with Crippen LogP contribution in [0.3, 0.4) is 0 Å². The van der Waals surface area contributed by atoms with Gasteiger partial charge in [0, 0.05) is 12.3 Å². The lowest BCUT2D eigenvalue weighted by Gasteiger charge is -2.30. The second-order valence-corrected chi connectivity index (χ2v) is 4.20. The third-order valence-corrected chi connectivity index (χ3v) is 2.88. The van der Waals surface area contributed by atoms with Gasteiger partial charge in [0.1, 0.15) is 0 Å². The molecular formula is C9H16N2O2S. The van der Waals surface area contributed by atoms with Crippen LogP contribution in [0.4, 0.5) is 0 Å². The van der Waals surface area contributed by atoms with E-state index in [0.29, 0.717) is 13.1 Å². The van der Waals surface area contributed by atoms with Gasteiger partial charge in [0.15, 0.2) is 0 Å². The zero-order valence-corrected chi connectivity index (χ0v) is 9.39. The summed E-state index contributed by atoms with van der Waals surface area (Å²) >= 11 is 1.64. The van der Waals surface area contributed by atoms with Gasteiger partial charge in [-0.05, 0) is 12.7 Å². The Hall–Kier alpha value is -0.550. The Labute approximate surface area is 88.4 Å². The maximum Gasteiger partial charge on any atom is 0.246 e.